The van der Waals surface area contributed by atoms with E-state index in [2.05, 4.69) is 12.2 Å². The van der Waals surface area contributed by atoms with E-state index in [-0.39, 0.29) is 18.4 Å². The van der Waals surface area contributed by atoms with Gasteiger partial charge in [-0.15, -0.1) is 12.4 Å². The first-order valence-corrected chi connectivity index (χ1v) is 7.05. The van der Waals surface area contributed by atoms with Gasteiger partial charge in [-0.1, -0.05) is 19.3 Å². The summed E-state index contributed by atoms with van der Waals surface area (Å²) in [6.45, 7) is 3.25. The molecule has 0 heterocycles. The van der Waals surface area contributed by atoms with Crippen molar-refractivity contribution < 1.29 is 0 Å². The largest absolute Gasteiger partial charge is 0.399 e. The van der Waals surface area contributed by atoms with Crippen molar-refractivity contribution >= 4 is 23.8 Å². The van der Waals surface area contributed by atoms with Crippen molar-refractivity contribution in [2.75, 3.05) is 18.0 Å². The second-order valence-corrected chi connectivity index (χ2v) is 5.52. The highest BCUT2D eigenvalue weighted by atomic mass is 35.5. The molecule has 1 atom stereocenters. The SMILES string of the molecule is CC(NCC1CCCCC1)c1cc(N)ccc1N.Cl. The monoisotopic (exact) mass is 283 g/mol. The summed E-state index contributed by atoms with van der Waals surface area (Å²) in [4.78, 5) is 0. The van der Waals surface area contributed by atoms with Gasteiger partial charge in [0.05, 0.1) is 0 Å². The van der Waals surface area contributed by atoms with Crippen LogP contribution in [0.5, 0.6) is 0 Å². The third kappa shape index (κ3) is 4.59. The highest BCUT2D eigenvalue weighted by Gasteiger charge is 2.15. The smallest absolute Gasteiger partial charge is 0.0363 e. The van der Waals surface area contributed by atoms with Crippen molar-refractivity contribution in [3.8, 4) is 0 Å². The Bertz CT molecular complexity index is 389. The van der Waals surface area contributed by atoms with Crippen LogP contribution in [0.15, 0.2) is 18.2 Å². The van der Waals surface area contributed by atoms with Crippen LogP contribution in [-0.4, -0.2) is 6.54 Å². The van der Waals surface area contributed by atoms with Crippen LogP contribution in [0.2, 0.25) is 0 Å². The summed E-state index contributed by atoms with van der Waals surface area (Å²) in [5.74, 6) is 0.837. The van der Waals surface area contributed by atoms with E-state index in [1.165, 1.54) is 32.1 Å². The van der Waals surface area contributed by atoms with Crippen LogP contribution in [0.3, 0.4) is 0 Å². The molecule has 1 aromatic rings. The predicted molar refractivity (Wildman–Crippen MR) is 85.5 cm³/mol. The minimum absolute atomic E-state index is 0. The van der Waals surface area contributed by atoms with Crippen molar-refractivity contribution in [2.45, 2.75) is 45.1 Å². The van der Waals surface area contributed by atoms with Gasteiger partial charge in [-0.2, -0.15) is 0 Å². The van der Waals surface area contributed by atoms with E-state index >= 15 is 0 Å². The van der Waals surface area contributed by atoms with Gasteiger partial charge in [0.2, 0.25) is 0 Å². The Hall–Kier alpha value is -0.930. The van der Waals surface area contributed by atoms with Gasteiger partial charge in [-0.05, 0) is 56.0 Å². The van der Waals surface area contributed by atoms with Gasteiger partial charge in [0.1, 0.15) is 0 Å². The number of benzene rings is 1. The van der Waals surface area contributed by atoms with Crippen molar-refractivity contribution in [2.24, 2.45) is 5.92 Å². The van der Waals surface area contributed by atoms with Crippen LogP contribution in [0.4, 0.5) is 11.4 Å². The van der Waals surface area contributed by atoms with Crippen LogP contribution in [0, 0.1) is 5.92 Å². The molecule has 0 saturated heterocycles. The summed E-state index contributed by atoms with van der Waals surface area (Å²) in [6.07, 6.45) is 6.93. The van der Waals surface area contributed by atoms with Gasteiger partial charge in [-0.3, -0.25) is 0 Å². The number of nitrogen functional groups attached to an aromatic ring is 2. The lowest BCUT2D eigenvalue weighted by molar-refractivity contribution is 0.332. The van der Waals surface area contributed by atoms with Gasteiger partial charge in [0.15, 0.2) is 0 Å². The lowest BCUT2D eigenvalue weighted by Crippen LogP contribution is -2.27. The average molecular weight is 284 g/mol. The molecule has 4 heteroatoms. The number of nitrogens with one attached hydrogen (secondary N) is 1. The number of nitrogens with two attached hydrogens (primary N) is 2. The van der Waals surface area contributed by atoms with E-state index < -0.39 is 0 Å². The van der Waals surface area contributed by atoms with E-state index in [0.717, 1.165) is 29.4 Å². The second kappa shape index (κ2) is 7.61. The Morgan fingerprint density at radius 2 is 1.89 bits per heavy atom. The van der Waals surface area contributed by atoms with E-state index in [1.54, 1.807) is 0 Å². The topological polar surface area (TPSA) is 64.1 Å². The third-order valence-electron chi connectivity index (χ3n) is 4.01. The molecule has 1 unspecified atom stereocenters. The zero-order chi connectivity index (χ0) is 13.0. The van der Waals surface area contributed by atoms with Crippen LogP contribution >= 0.6 is 12.4 Å². The number of anilines is 2. The minimum Gasteiger partial charge on any atom is -0.399 e. The highest BCUT2D eigenvalue weighted by Crippen LogP contribution is 2.26. The zero-order valence-electron chi connectivity index (χ0n) is 11.7. The van der Waals surface area contributed by atoms with Crippen molar-refractivity contribution in [1.82, 2.24) is 5.32 Å². The van der Waals surface area contributed by atoms with Crippen molar-refractivity contribution in [1.29, 1.82) is 0 Å². The number of hydrogen-bond acceptors (Lipinski definition) is 3. The summed E-state index contributed by atoms with van der Waals surface area (Å²) in [5.41, 5.74) is 14.6. The highest BCUT2D eigenvalue weighted by molar-refractivity contribution is 5.85. The van der Waals surface area contributed by atoms with E-state index in [1.807, 2.05) is 18.2 Å². The third-order valence-corrected chi connectivity index (χ3v) is 4.01. The maximum absolute atomic E-state index is 6.00. The molecule has 0 aliphatic heterocycles. The van der Waals surface area contributed by atoms with Gasteiger partial charge in [0.25, 0.3) is 0 Å². The van der Waals surface area contributed by atoms with Crippen LogP contribution in [0.25, 0.3) is 0 Å². The molecule has 19 heavy (non-hydrogen) atoms. The molecule has 0 bridgehead atoms. The molecule has 0 aromatic heterocycles. The molecule has 1 fully saturated rings. The Morgan fingerprint density at radius 3 is 2.58 bits per heavy atom. The maximum Gasteiger partial charge on any atom is 0.0363 e. The second-order valence-electron chi connectivity index (χ2n) is 5.52. The first kappa shape index (κ1) is 16.1. The Labute approximate surface area is 122 Å². The van der Waals surface area contributed by atoms with Gasteiger partial charge in [-0.25, -0.2) is 0 Å². The number of halogens is 1. The summed E-state index contributed by atoms with van der Waals surface area (Å²) in [5, 5.41) is 3.60. The molecule has 1 saturated carbocycles. The van der Waals surface area contributed by atoms with Crippen LogP contribution < -0.4 is 16.8 Å². The average Bonchev–Trinajstić information content (AvgIpc) is 2.40. The molecule has 1 aliphatic carbocycles. The molecule has 5 N–H and O–H groups in total. The molecule has 0 radical (unpaired) electrons. The summed E-state index contributed by atoms with van der Waals surface area (Å²) < 4.78 is 0. The Kier molecular flexibility index (Phi) is 6.46. The molecular weight excluding hydrogens is 258 g/mol. The first-order valence-electron chi connectivity index (χ1n) is 7.05. The standard InChI is InChI=1S/C15H25N3.ClH/c1-11(14-9-13(16)7-8-15(14)17)18-10-12-5-3-2-4-6-12;/h7-9,11-12,18H,2-6,10,16-17H2,1H3;1H. The maximum atomic E-state index is 6.00. The van der Waals surface area contributed by atoms with Crippen molar-refractivity contribution in [3.63, 3.8) is 0 Å². The minimum atomic E-state index is 0. The summed E-state index contributed by atoms with van der Waals surface area (Å²) in [7, 11) is 0. The Morgan fingerprint density at radius 1 is 1.21 bits per heavy atom. The predicted octanol–water partition coefficient (Wildman–Crippen LogP) is 3.50. The molecule has 2 rings (SSSR count). The fourth-order valence-electron chi connectivity index (χ4n) is 2.81. The van der Waals surface area contributed by atoms with Gasteiger partial charge < -0.3 is 16.8 Å². The molecule has 0 spiro atoms. The lowest BCUT2D eigenvalue weighted by atomic mass is 9.89. The van der Waals surface area contributed by atoms with Crippen LogP contribution in [-0.2, 0) is 0 Å². The molecule has 3 nitrogen and oxygen atoms in total. The summed E-state index contributed by atoms with van der Waals surface area (Å²) in [6, 6.07) is 6.00. The molecule has 0 amide bonds. The number of hydrogen-bond donors (Lipinski definition) is 3. The molecule has 1 aromatic carbocycles. The normalized spacial score (nSPS) is 17.7. The first-order chi connectivity index (χ1) is 8.66. The molecule has 108 valence electrons. The van der Waals surface area contributed by atoms with Gasteiger partial charge >= 0.3 is 0 Å². The van der Waals surface area contributed by atoms with E-state index in [4.69, 9.17) is 11.5 Å². The Balaban J connectivity index is 0.00000180. The van der Waals surface area contributed by atoms with Crippen LogP contribution in [0.1, 0.15) is 50.6 Å². The van der Waals surface area contributed by atoms with E-state index in [9.17, 15) is 0 Å². The number of rotatable bonds is 4. The molecular formula is C15H26ClN3. The van der Waals surface area contributed by atoms with E-state index in [0.29, 0.717) is 0 Å². The van der Waals surface area contributed by atoms with Gasteiger partial charge in [0, 0.05) is 17.4 Å². The summed E-state index contributed by atoms with van der Waals surface area (Å²) >= 11 is 0. The fraction of sp³-hybridized carbons (Fsp3) is 0.600. The van der Waals surface area contributed by atoms with Crippen molar-refractivity contribution in [3.05, 3.63) is 23.8 Å². The quantitative estimate of drug-likeness (QED) is 0.741. The fourth-order valence-corrected chi connectivity index (χ4v) is 2.81. The molecule has 1 aliphatic rings. The lowest BCUT2D eigenvalue weighted by Gasteiger charge is -2.24. The zero-order valence-corrected chi connectivity index (χ0v) is 12.5.